The Morgan fingerprint density at radius 3 is 2.87 bits per heavy atom. The average Bonchev–Trinajstić information content (AvgIpc) is 2.59. The third-order valence-corrected chi connectivity index (χ3v) is 2.65. The molecule has 15 heavy (non-hydrogen) atoms. The molecule has 1 aliphatic heterocycles. The molecule has 1 heterocycles. The quantitative estimate of drug-likeness (QED) is 0.618. The van der Waals surface area contributed by atoms with Crippen molar-refractivity contribution in [2.45, 2.75) is 0 Å². The van der Waals surface area contributed by atoms with E-state index in [1.54, 1.807) is 24.3 Å². The van der Waals surface area contributed by atoms with Gasteiger partial charge in [0.15, 0.2) is 0 Å². The Bertz CT molecular complexity index is 578. The number of nitrogens with one attached hydrogen (secondary N) is 2. The summed E-state index contributed by atoms with van der Waals surface area (Å²) in [5.74, 6) is -0.0920. The van der Waals surface area contributed by atoms with Gasteiger partial charge in [-0.25, -0.2) is 0 Å². The molecule has 0 radical (unpaired) electrons. The Hall–Kier alpha value is -2.07. The van der Waals surface area contributed by atoms with E-state index in [1.165, 1.54) is 0 Å². The van der Waals surface area contributed by atoms with E-state index in [1.807, 2.05) is 6.07 Å². The maximum absolute atomic E-state index is 11.6. The zero-order valence-electron chi connectivity index (χ0n) is 7.74. The predicted octanol–water partition coefficient (Wildman–Crippen LogP) is 2.21. The van der Waals surface area contributed by atoms with E-state index in [0.29, 0.717) is 11.3 Å². The van der Waals surface area contributed by atoms with Gasteiger partial charge < -0.3 is 5.32 Å². The van der Waals surface area contributed by atoms with Crippen molar-refractivity contribution in [3.05, 3.63) is 35.9 Å². The van der Waals surface area contributed by atoms with E-state index in [-0.39, 0.29) is 5.91 Å². The lowest BCUT2D eigenvalue weighted by Gasteiger charge is -2.05. The second-order valence-electron chi connectivity index (χ2n) is 3.45. The third-order valence-electron chi connectivity index (χ3n) is 2.65. The molecule has 74 valence electrons. The molecule has 0 unspecified atom stereocenters. The summed E-state index contributed by atoms with van der Waals surface area (Å²) < 4.78 is 0. The van der Waals surface area contributed by atoms with Crippen molar-refractivity contribution < 1.29 is 10.0 Å². The SMILES string of the molecule is O=C1Nc2ccc(NO)c3cccc1c23. The molecule has 3 N–H and O–H groups in total. The topological polar surface area (TPSA) is 61.4 Å². The molecule has 1 aliphatic rings. The molecule has 0 spiro atoms. The lowest BCUT2D eigenvalue weighted by Crippen LogP contribution is -2.03. The standard InChI is InChI=1S/C11H8N2O2/c14-11-7-3-1-2-6-8(13-15)4-5-9(12-11)10(6)7/h1-5,13,15H,(H,12,14). The summed E-state index contributed by atoms with van der Waals surface area (Å²) in [6.45, 7) is 0. The second-order valence-corrected chi connectivity index (χ2v) is 3.45. The molecule has 0 aliphatic carbocycles. The van der Waals surface area contributed by atoms with Crippen LogP contribution in [0.15, 0.2) is 30.3 Å². The predicted molar refractivity (Wildman–Crippen MR) is 57.3 cm³/mol. The van der Waals surface area contributed by atoms with Gasteiger partial charge in [0.25, 0.3) is 5.91 Å². The summed E-state index contributed by atoms with van der Waals surface area (Å²) in [5.41, 5.74) is 4.18. The molecule has 0 bridgehead atoms. The Balaban J connectivity index is 2.50. The lowest BCUT2D eigenvalue weighted by atomic mass is 10.0. The summed E-state index contributed by atoms with van der Waals surface area (Å²) in [4.78, 5) is 11.6. The average molecular weight is 200 g/mol. The highest BCUT2D eigenvalue weighted by atomic mass is 16.5. The smallest absolute Gasteiger partial charge is 0.256 e. The maximum Gasteiger partial charge on any atom is 0.256 e. The van der Waals surface area contributed by atoms with Gasteiger partial charge in [-0.05, 0) is 18.2 Å². The molecule has 4 heteroatoms. The van der Waals surface area contributed by atoms with Crippen molar-refractivity contribution in [3.8, 4) is 0 Å². The van der Waals surface area contributed by atoms with Crippen LogP contribution in [-0.2, 0) is 0 Å². The minimum Gasteiger partial charge on any atom is -0.321 e. The first kappa shape index (κ1) is 8.26. The number of amides is 1. The second kappa shape index (κ2) is 2.71. The first-order chi connectivity index (χ1) is 7.31. The van der Waals surface area contributed by atoms with E-state index in [4.69, 9.17) is 5.21 Å². The van der Waals surface area contributed by atoms with Gasteiger partial charge in [-0.3, -0.25) is 15.5 Å². The van der Waals surface area contributed by atoms with Gasteiger partial charge in [0, 0.05) is 22.0 Å². The van der Waals surface area contributed by atoms with Gasteiger partial charge >= 0.3 is 0 Å². The van der Waals surface area contributed by atoms with Crippen LogP contribution in [-0.4, -0.2) is 11.1 Å². The van der Waals surface area contributed by atoms with Crippen molar-refractivity contribution in [1.29, 1.82) is 0 Å². The molecule has 0 saturated carbocycles. The van der Waals surface area contributed by atoms with Gasteiger partial charge in [-0.2, -0.15) is 0 Å². The summed E-state index contributed by atoms with van der Waals surface area (Å²) in [5, 5.41) is 13.4. The van der Waals surface area contributed by atoms with E-state index in [2.05, 4.69) is 10.8 Å². The highest BCUT2D eigenvalue weighted by molar-refractivity contribution is 6.25. The zero-order chi connectivity index (χ0) is 10.4. The van der Waals surface area contributed by atoms with E-state index in [0.717, 1.165) is 16.5 Å². The molecular weight excluding hydrogens is 192 g/mol. The molecule has 0 saturated heterocycles. The Morgan fingerprint density at radius 2 is 2.07 bits per heavy atom. The molecule has 0 atom stereocenters. The Morgan fingerprint density at radius 1 is 1.20 bits per heavy atom. The van der Waals surface area contributed by atoms with Crippen molar-refractivity contribution in [3.63, 3.8) is 0 Å². The van der Waals surface area contributed by atoms with Crippen molar-refractivity contribution in [1.82, 2.24) is 0 Å². The summed E-state index contributed by atoms with van der Waals surface area (Å²) in [6.07, 6.45) is 0. The number of hydrogen-bond donors (Lipinski definition) is 3. The molecule has 1 amide bonds. The normalized spacial score (nSPS) is 13.0. The van der Waals surface area contributed by atoms with Crippen LogP contribution in [0, 0.1) is 0 Å². The molecule has 0 aromatic heterocycles. The monoisotopic (exact) mass is 200 g/mol. The highest BCUT2D eigenvalue weighted by Gasteiger charge is 2.21. The number of anilines is 2. The Labute approximate surface area is 85.5 Å². The lowest BCUT2D eigenvalue weighted by molar-refractivity contribution is 0.103. The van der Waals surface area contributed by atoms with E-state index in [9.17, 15) is 4.79 Å². The fourth-order valence-corrected chi connectivity index (χ4v) is 1.99. The van der Waals surface area contributed by atoms with Crippen LogP contribution in [0.1, 0.15) is 10.4 Å². The molecule has 3 rings (SSSR count). The van der Waals surface area contributed by atoms with Crippen LogP contribution in [0.4, 0.5) is 11.4 Å². The molecule has 0 fully saturated rings. The van der Waals surface area contributed by atoms with Crippen LogP contribution in [0.5, 0.6) is 0 Å². The molecule has 4 nitrogen and oxygen atoms in total. The fourth-order valence-electron chi connectivity index (χ4n) is 1.99. The third kappa shape index (κ3) is 0.964. The minimum absolute atomic E-state index is 0.0920. The number of hydrogen-bond acceptors (Lipinski definition) is 3. The fraction of sp³-hybridized carbons (Fsp3) is 0. The van der Waals surface area contributed by atoms with Gasteiger partial charge in [-0.1, -0.05) is 12.1 Å². The summed E-state index contributed by atoms with van der Waals surface area (Å²) in [6, 6.07) is 8.94. The van der Waals surface area contributed by atoms with Crippen LogP contribution in [0.2, 0.25) is 0 Å². The first-order valence-corrected chi connectivity index (χ1v) is 4.58. The largest absolute Gasteiger partial charge is 0.321 e. The van der Waals surface area contributed by atoms with Crippen molar-refractivity contribution in [2.75, 3.05) is 10.8 Å². The number of carbonyl (C=O) groups excluding carboxylic acids is 1. The van der Waals surface area contributed by atoms with Crippen molar-refractivity contribution in [2.24, 2.45) is 0 Å². The Kier molecular flexibility index (Phi) is 1.49. The van der Waals surface area contributed by atoms with Crippen LogP contribution in [0.25, 0.3) is 10.8 Å². The van der Waals surface area contributed by atoms with E-state index < -0.39 is 0 Å². The molecule has 2 aromatic rings. The van der Waals surface area contributed by atoms with Gasteiger partial charge in [0.1, 0.15) is 0 Å². The maximum atomic E-state index is 11.6. The van der Waals surface area contributed by atoms with Crippen LogP contribution >= 0.6 is 0 Å². The summed E-state index contributed by atoms with van der Waals surface area (Å²) >= 11 is 0. The molecule has 2 aromatic carbocycles. The van der Waals surface area contributed by atoms with E-state index >= 15 is 0 Å². The van der Waals surface area contributed by atoms with Crippen LogP contribution in [0.3, 0.4) is 0 Å². The summed E-state index contributed by atoms with van der Waals surface area (Å²) in [7, 11) is 0. The minimum atomic E-state index is -0.0920. The zero-order valence-corrected chi connectivity index (χ0v) is 7.74. The van der Waals surface area contributed by atoms with Crippen molar-refractivity contribution >= 4 is 28.1 Å². The van der Waals surface area contributed by atoms with Gasteiger partial charge in [-0.15, -0.1) is 0 Å². The van der Waals surface area contributed by atoms with Gasteiger partial charge in [0.2, 0.25) is 0 Å². The highest BCUT2D eigenvalue weighted by Crippen LogP contribution is 2.36. The van der Waals surface area contributed by atoms with Gasteiger partial charge in [0.05, 0.1) is 5.69 Å². The number of benzene rings is 2. The number of rotatable bonds is 1. The number of carbonyl (C=O) groups is 1. The first-order valence-electron chi connectivity index (χ1n) is 4.58. The molecular formula is C11H8N2O2. The van der Waals surface area contributed by atoms with Crippen LogP contribution < -0.4 is 10.8 Å².